The van der Waals surface area contributed by atoms with E-state index in [2.05, 4.69) is 53.4 Å². The van der Waals surface area contributed by atoms with E-state index >= 15 is 0 Å². The van der Waals surface area contributed by atoms with Crippen molar-refractivity contribution >= 4 is 27.5 Å². The van der Waals surface area contributed by atoms with E-state index in [-0.39, 0.29) is 6.04 Å². The highest BCUT2D eigenvalue weighted by atomic mass is 79.9. The molecule has 0 aliphatic rings. The number of hydrogen-bond acceptors (Lipinski definition) is 2. The predicted molar refractivity (Wildman–Crippen MR) is 88.8 cm³/mol. The number of rotatable bonds is 4. The molecule has 2 aromatic rings. The monoisotopic (exact) mass is 352 g/mol. The van der Waals surface area contributed by atoms with E-state index in [1.807, 2.05) is 18.2 Å². The van der Waals surface area contributed by atoms with Gasteiger partial charge in [-0.25, -0.2) is 0 Å². The standard InChI is InChI=1S/C16H18BrClN2/c1-10-4-3-5-11(2)13(10)9-16(20-19)14-8-12(18)6-7-15(14)17/h3-8,16,20H,9,19H2,1-2H3. The summed E-state index contributed by atoms with van der Waals surface area (Å²) < 4.78 is 1.01. The fraction of sp³-hybridized carbons (Fsp3) is 0.250. The first kappa shape index (κ1) is 15.5. The molecule has 0 saturated heterocycles. The van der Waals surface area contributed by atoms with Crippen molar-refractivity contribution < 1.29 is 0 Å². The van der Waals surface area contributed by atoms with Gasteiger partial charge in [0.05, 0.1) is 6.04 Å². The van der Waals surface area contributed by atoms with Gasteiger partial charge in [0.25, 0.3) is 0 Å². The minimum Gasteiger partial charge on any atom is -0.271 e. The number of benzene rings is 2. The average molecular weight is 354 g/mol. The molecule has 2 rings (SSSR count). The second kappa shape index (κ2) is 6.72. The molecular formula is C16H18BrClN2. The summed E-state index contributed by atoms with van der Waals surface area (Å²) in [4.78, 5) is 0. The molecule has 2 nitrogen and oxygen atoms in total. The van der Waals surface area contributed by atoms with Gasteiger partial charge in [-0.1, -0.05) is 45.7 Å². The molecule has 0 saturated carbocycles. The Balaban J connectivity index is 2.36. The molecule has 0 aromatic heterocycles. The highest BCUT2D eigenvalue weighted by molar-refractivity contribution is 9.10. The lowest BCUT2D eigenvalue weighted by Gasteiger charge is -2.20. The average Bonchev–Trinajstić information content (AvgIpc) is 2.42. The third-order valence-electron chi connectivity index (χ3n) is 3.59. The topological polar surface area (TPSA) is 38.0 Å². The Morgan fingerprint density at radius 3 is 2.45 bits per heavy atom. The quantitative estimate of drug-likeness (QED) is 0.629. The maximum atomic E-state index is 6.09. The van der Waals surface area contributed by atoms with Crippen LogP contribution in [-0.4, -0.2) is 0 Å². The van der Waals surface area contributed by atoms with Crippen LogP contribution in [0, 0.1) is 13.8 Å². The SMILES string of the molecule is Cc1cccc(C)c1CC(NN)c1cc(Cl)ccc1Br. The Labute approximate surface area is 133 Å². The second-order valence-corrected chi connectivity index (χ2v) is 6.25. The molecule has 20 heavy (non-hydrogen) atoms. The number of hydrazine groups is 1. The summed E-state index contributed by atoms with van der Waals surface area (Å²) in [7, 11) is 0. The largest absolute Gasteiger partial charge is 0.271 e. The molecule has 0 radical (unpaired) electrons. The predicted octanol–water partition coefficient (Wildman–Crippen LogP) is 4.47. The third-order valence-corrected chi connectivity index (χ3v) is 4.54. The van der Waals surface area contributed by atoms with Gasteiger partial charge in [-0.3, -0.25) is 11.3 Å². The lowest BCUT2D eigenvalue weighted by atomic mass is 9.93. The minimum atomic E-state index is 0.0166. The van der Waals surface area contributed by atoms with E-state index in [9.17, 15) is 0 Å². The molecule has 0 aliphatic carbocycles. The Morgan fingerprint density at radius 1 is 1.20 bits per heavy atom. The van der Waals surface area contributed by atoms with Crippen molar-refractivity contribution in [3.05, 3.63) is 68.1 Å². The molecule has 0 aliphatic heterocycles. The van der Waals surface area contributed by atoms with Gasteiger partial charge in [-0.2, -0.15) is 0 Å². The lowest BCUT2D eigenvalue weighted by molar-refractivity contribution is 0.548. The number of halogens is 2. The molecule has 1 unspecified atom stereocenters. The van der Waals surface area contributed by atoms with Crippen LogP contribution in [0.2, 0.25) is 5.02 Å². The number of nitrogens with two attached hydrogens (primary N) is 1. The van der Waals surface area contributed by atoms with Gasteiger partial charge in [0.1, 0.15) is 0 Å². The van der Waals surface area contributed by atoms with Crippen molar-refractivity contribution in [3.63, 3.8) is 0 Å². The molecule has 0 bridgehead atoms. The minimum absolute atomic E-state index is 0.0166. The van der Waals surface area contributed by atoms with Crippen molar-refractivity contribution in [1.29, 1.82) is 0 Å². The Morgan fingerprint density at radius 2 is 1.85 bits per heavy atom. The Hall–Kier alpha value is -0.870. The van der Waals surface area contributed by atoms with Crippen LogP contribution in [0.4, 0.5) is 0 Å². The van der Waals surface area contributed by atoms with Crippen molar-refractivity contribution in [1.82, 2.24) is 5.43 Å². The summed E-state index contributed by atoms with van der Waals surface area (Å²) in [5.41, 5.74) is 7.86. The molecule has 4 heteroatoms. The molecule has 106 valence electrons. The zero-order valence-electron chi connectivity index (χ0n) is 11.6. The maximum Gasteiger partial charge on any atom is 0.0512 e. The van der Waals surface area contributed by atoms with Crippen LogP contribution in [0.5, 0.6) is 0 Å². The zero-order valence-corrected chi connectivity index (χ0v) is 13.9. The summed E-state index contributed by atoms with van der Waals surface area (Å²) in [5, 5.41) is 0.713. The van der Waals surface area contributed by atoms with Crippen molar-refractivity contribution in [3.8, 4) is 0 Å². The lowest BCUT2D eigenvalue weighted by Crippen LogP contribution is -2.30. The summed E-state index contributed by atoms with van der Waals surface area (Å²) in [5.74, 6) is 5.76. The van der Waals surface area contributed by atoms with E-state index in [1.54, 1.807) is 0 Å². The van der Waals surface area contributed by atoms with Crippen molar-refractivity contribution in [2.45, 2.75) is 26.3 Å². The van der Waals surface area contributed by atoms with Gasteiger partial charge in [-0.05, 0) is 60.7 Å². The van der Waals surface area contributed by atoms with Crippen LogP contribution >= 0.6 is 27.5 Å². The first-order chi connectivity index (χ1) is 9.52. The molecule has 0 fully saturated rings. The first-order valence-corrected chi connectivity index (χ1v) is 7.66. The molecule has 0 spiro atoms. The van der Waals surface area contributed by atoms with Crippen LogP contribution < -0.4 is 11.3 Å². The third kappa shape index (κ3) is 3.41. The van der Waals surface area contributed by atoms with Crippen LogP contribution in [-0.2, 0) is 6.42 Å². The Bertz CT molecular complexity index is 593. The fourth-order valence-electron chi connectivity index (χ4n) is 2.42. The molecule has 3 N–H and O–H groups in total. The van der Waals surface area contributed by atoms with Gasteiger partial charge in [0, 0.05) is 9.50 Å². The molecule has 0 heterocycles. The van der Waals surface area contributed by atoms with Crippen molar-refractivity contribution in [2.75, 3.05) is 0 Å². The first-order valence-electron chi connectivity index (χ1n) is 6.49. The van der Waals surface area contributed by atoms with E-state index in [1.165, 1.54) is 16.7 Å². The highest BCUT2D eigenvalue weighted by Crippen LogP contribution is 2.30. The molecule has 0 amide bonds. The van der Waals surface area contributed by atoms with E-state index in [0.29, 0.717) is 5.02 Å². The maximum absolute atomic E-state index is 6.09. The van der Waals surface area contributed by atoms with E-state index in [0.717, 1.165) is 16.5 Å². The van der Waals surface area contributed by atoms with Crippen molar-refractivity contribution in [2.24, 2.45) is 5.84 Å². The van der Waals surface area contributed by atoms with Gasteiger partial charge < -0.3 is 0 Å². The van der Waals surface area contributed by atoms with Crippen LogP contribution in [0.15, 0.2) is 40.9 Å². The zero-order chi connectivity index (χ0) is 14.7. The van der Waals surface area contributed by atoms with Crippen LogP contribution in [0.1, 0.15) is 28.3 Å². The fourth-order valence-corrected chi connectivity index (χ4v) is 3.12. The van der Waals surface area contributed by atoms with Gasteiger partial charge in [0.15, 0.2) is 0 Å². The Kier molecular flexibility index (Phi) is 5.22. The van der Waals surface area contributed by atoms with Crippen LogP contribution in [0.25, 0.3) is 0 Å². The van der Waals surface area contributed by atoms with Gasteiger partial charge in [-0.15, -0.1) is 0 Å². The molecule has 2 aromatic carbocycles. The van der Waals surface area contributed by atoms with Gasteiger partial charge >= 0.3 is 0 Å². The highest BCUT2D eigenvalue weighted by Gasteiger charge is 2.16. The normalized spacial score (nSPS) is 12.4. The van der Waals surface area contributed by atoms with E-state index < -0.39 is 0 Å². The number of nitrogens with one attached hydrogen (secondary N) is 1. The molecular weight excluding hydrogens is 336 g/mol. The van der Waals surface area contributed by atoms with E-state index in [4.69, 9.17) is 17.4 Å². The summed E-state index contributed by atoms with van der Waals surface area (Å²) in [6.07, 6.45) is 0.827. The number of aryl methyl sites for hydroxylation is 2. The number of hydrogen-bond donors (Lipinski definition) is 2. The smallest absolute Gasteiger partial charge is 0.0512 e. The summed E-state index contributed by atoms with van der Waals surface area (Å²) in [6, 6.07) is 12.1. The van der Waals surface area contributed by atoms with Crippen LogP contribution in [0.3, 0.4) is 0 Å². The summed E-state index contributed by atoms with van der Waals surface area (Å²) >= 11 is 9.66. The second-order valence-electron chi connectivity index (χ2n) is 4.96. The summed E-state index contributed by atoms with van der Waals surface area (Å²) in [6.45, 7) is 4.26. The molecule has 1 atom stereocenters. The van der Waals surface area contributed by atoms with Gasteiger partial charge in [0.2, 0.25) is 0 Å².